The summed E-state index contributed by atoms with van der Waals surface area (Å²) in [7, 11) is 0. The van der Waals surface area contributed by atoms with Gasteiger partial charge in [-0.2, -0.15) is 0 Å². The van der Waals surface area contributed by atoms with Crippen LogP contribution in [0.15, 0.2) is 36.4 Å². The number of carbonyl (C=O) groups is 1. The number of nitro groups is 1. The van der Waals surface area contributed by atoms with Gasteiger partial charge in [0.15, 0.2) is 0 Å². The first-order chi connectivity index (χ1) is 11.4. The third-order valence-corrected chi connectivity index (χ3v) is 3.79. The molecule has 0 bridgehead atoms. The predicted octanol–water partition coefficient (Wildman–Crippen LogP) is 4.55. The smallest absolute Gasteiger partial charge is 0.271 e. The highest BCUT2D eigenvalue weighted by molar-refractivity contribution is 6.31. The van der Waals surface area contributed by atoms with Crippen LogP contribution in [0.4, 0.5) is 11.4 Å². The molecule has 0 spiro atoms. The first-order valence-corrected chi connectivity index (χ1v) is 7.87. The average molecular weight is 349 g/mol. The van der Waals surface area contributed by atoms with E-state index in [0.29, 0.717) is 17.1 Å². The van der Waals surface area contributed by atoms with Gasteiger partial charge in [0.1, 0.15) is 5.75 Å². The lowest BCUT2D eigenvalue weighted by molar-refractivity contribution is -0.384. The molecule has 0 saturated heterocycles. The Kier molecular flexibility index (Phi) is 5.76. The largest absolute Gasteiger partial charge is 0.507 e. The zero-order valence-electron chi connectivity index (χ0n) is 13.1. The average Bonchev–Trinajstić information content (AvgIpc) is 2.55. The fourth-order valence-electron chi connectivity index (χ4n) is 2.26. The van der Waals surface area contributed by atoms with E-state index in [-0.39, 0.29) is 17.0 Å². The van der Waals surface area contributed by atoms with Crippen LogP contribution in [-0.4, -0.2) is 15.9 Å². The Hall–Kier alpha value is -2.60. The maximum absolute atomic E-state index is 12.4. The number of halogens is 1. The summed E-state index contributed by atoms with van der Waals surface area (Å²) in [5.41, 5.74) is 1.07. The van der Waals surface area contributed by atoms with Gasteiger partial charge in [-0.1, -0.05) is 31.0 Å². The molecule has 0 saturated carbocycles. The number of nitro benzene ring substituents is 1. The first kappa shape index (κ1) is 17.7. The molecular formula is C17H17ClN2O4. The number of nitrogens with zero attached hydrogens (tertiary/aromatic N) is 1. The number of phenols is 1. The molecule has 7 heteroatoms. The van der Waals surface area contributed by atoms with Gasteiger partial charge in [-0.3, -0.25) is 14.9 Å². The second kappa shape index (κ2) is 7.79. The van der Waals surface area contributed by atoms with E-state index < -0.39 is 10.8 Å². The zero-order chi connectivity index (χ0) is 17.7. The zero-order valence-corrected chi connectivity index (χ0v) is 13.8. The van der Waals surface area contributed by atoms with Crippen LogP contribution in [0.3, 0.4) is 0 Å². The monoisotopic (exact) mass is 348 g/mol. The second-order valence-corrected chi connectivity index (χ2v) is 5.75. The number of aromatic hydroxyl groups is 1. The molecule has 0 aromatic heterocycles. The van der Waals surface area contributed by atoms with E-state index in [0.717, 1.165) is 18.4 Å². The SMILES string of the molecule is CCCCc1ccc([N+](=O)[O-])cc1NC(=O)c1cc(Cl)ccc1O. The molecule has 24 heavy (non-hydrogen) atoms. The fraction of sp³-hybridized carbons (Fsp3) is 0.235. The summed E-state index contributed by atoms with van der Waals surface area (Å²) in [6.07, 6.45) is 2.54. The summed E-state index contributed by atoms with van der Waals surface area (Å²) in [5, 5.41) is 23.7. The maximum atomic E-state index is 12.4. The Morgan fingerprint density at radius 1 is 1.29 bits per heavy atom. The number of nitrogens with one attached hydrogen (secondary N) is 1. The van der Waals surface area contributed by atoms with E-state index in [1.807, 2.05) is 6.92 Å². The Morgan fingerprint density at radius 3 is 2.71 bits per heavy atom. The molecule has 126 valence electrons. The molecule has 0 fully saturated rings. The van der Waals surface area contributed by atoms with Gasteiger partial charge in [0.05, 0.1) is 16.2 Å². The number of non-ortho nitro benzene ring substituents is 1. The van der Waals surface area contributed by atoms with Crippen LogP contribution >= 0.6 is 11.6 Å². The Labute approximate surface area is 144 Å². The van der Waals surface area contributed by atoms with Crippen LogP contribution in [0, 0.1) is 10.1 Å². The van der Waals surface area contributed by atoms with Crippen LogP contribution in [0.25, 0.3) is 0 Å². The maximum Gasteiger partial charge on any atom is 0.271 e. The van der Waals surface area contributed by atoms with Gasteiger partial charge in [-0.05, 0) is 36.6 Å². The van der Waals surface area contributed by atoms with Crippen molar-refractivity contribution < 1.29 is 14.8 Å². The van der Waals surface area contributed by atoms with Crippen molar-refractivity contribution >= 4 is 28.9 Å². The molecule has 1 amide bonds. The molecular weight excluding hydrogens is 332 g/mol. The van der Waals surface area contributed by atoms with Crippen molar-refractivity contribution in [2.24, 2.45) is 0 Å². The van der Waals surface area contributed by atoms with Crippen molar-refractivity contribution in [3.05, 3.63) is 62.7 Å². The van der Waals surface area contributed by atoms with Gasteiger partial charge < -0.3 is 10.4 Å². The van der Waals surface area contributed by atoms with Crippen LogP contribution in [0.5, 0.6) is 5.75 Å². The lowest BCUT2D eigenvalue weighted by atomic mass is 10.0. The number of aryl methyl sites for hydroxylation is 1. The third kappa shape index (κ3) is 4.23. The summed E-state index contributed by atoms with van der Waals surface area (Å²) < 4.78 is 0. The number of anilines is 1. The second-order valence-electron chi connectivity index (χ2n) is 5.32. The topological polar surface area (TPSA) is 92.5 Å². The van der Waals surface area contributed by atoms with Crippen LogP contribution in [0.1, 0.15) is 35.7 Å². The molecule has 0 heterocycles. The molecule has 0 atom stereocenters. The van der Waals surface area contributed by atoms with Crippen molar-refractivity contribution in [1.82, 2.24) is 0 Å². The highest BCUT2D eigenvalue weighted by atomic mass is 35.5. The quantitative estimate of drug-likeness (QED) is 0.591. The summed E-state index contributed by atoms with van der Waals surface area (Å²) in [5.74, 6) is -0.786. The van der Waals surface area contributed by atoms with Crippen LogP contribution < -0.4 is 5.32 Å². The van der Waals surface area contributed by atoms with Gasteiger partial charge in [-0.15, -0.1) is 0 Å². The van der Waals surface area contributed by atoms with E-state index in [4.69, 9.17) is 11.6 Å². The molecule has 0 unspecified atom stereocenters. The molecule has 2 N–H and O–H groups in total. The number of unbranched alkanes of at least 4 members (excludes halogenated alkanes) is 1. The number of benzene rings is 2. The van der Waals surface area contributed by atoms with Gasteiger partial charge in [-0.25, -0.2) is 0 Å². The van der Waals surface area contributed by atoms with Gasteiger partial charge >= 0.3 is 0 Å². The van der Waals surface area contributed by atoms with Gasteiger partial charge in [0.2, 0.25) is 0 Å². The lowest BCUT2D eigenvalue weighted by Gasteiger charge is -2.12. The van der Waals surface area contributed by atoms with E-state index in [9.17, 15) is 20.0 Å². The molecule has 2 aromatic carbocycles. The molecule has 0 aliphatic carbocycles. The van der Waals surface area contributed by atoms with E-state index in [1.165, 1.54) is 30.3 Å². The number of amides is 1. The highest BCUT2D eigenvalue weighted by Gasteiger charge is 2.16. The van der Waals surface area contributed by atoms with E-state index >= 15 is 0 Å². The minimum absolute atomic E-state index is 0.00967. The van der Waals surface area contributed by atoms with Crippen LogP contribution in [-0.2, 0) is 6.42 Å². The van der Waals surface area contributed by atoms with Crippen molar-refractivity contribution in [2.75, 3.05) is 5.32 Å². The molecule has 0 aliphatic heterocycles. The van der Waals surface area contributed by atoms with Crippen LogP contribution in [0.2, 0.25) is 5.02 Å². The minimum atomic E-state index is -0.576. The van der Waals surface area contributed by atoms with E-state index in [1.54, 1.807) is 6.07 Å². The van der Waals surface area contributed by atoms with E-state index in [2.05, 4.69) is 5.32 Å². The lowest BCUT2D eigenvalue weighted by Crippen LogP contribution is -2.14. The van der Waals surface area contributed by atoms with Crippen molar-refractivity contribution in [1.29, 1.82) is 0 Å². The fourth-order valence-corrected chi connectivity index (χ4v) is 2.43. The number of phenolic OH excluding ortho intramolecular Hbond substituents is 1. The summed E-state index contributed by atoms with van der Waals surface area (Å²) in [6.45, 7) is 2.04. The molecule has 6 nitrogen and oxygen atoms in total. The standard InChI is InChI=1S/C17H17ClN2O4/c1-2-3-4-11-5-7-13(20(23)24)10-15(11)19-17(22)14-9-12(18)6-8-16(14)21/h5-10,21H,2-4H2,1H3,(H,19,22). The number of hydrogen-bond donors (Lipinski definition) is 2. The number of rotatable bonds is 6. The number of hydrogen-bond acceptors (Lipinski definition) is 4. The molecule has 2 rings (SSSR count). The Balaban J connectivity index is 2.35. The Bertz CT molecular complexity index is 777. The summed E-state index contributed by atoms with van der Waals surface area (Å²) in [4.78, 5) is 22.8. The van der Waals surface area contributed by atoms with Crippen molar-refractivity contribution in [3.63, 3.8) is 0 Å². The Morgan fingerprint density at radius 2 is 2.04 bits per heavy atom. The molecule has 0 aliphatic rings. The van der Waals surface area contributed by atoms with Crippen molar-refractivity contribution in [2.45, 2.75) is 26.2 Å². The number of carbonyl (C=O) groups excluding carboxylic acids is 1. The first-order valence-electron chi connectivity index (χ1n) is 7.49. The third-order valence-electron chi connectivity index (χ3n) is 3.56. The van der Waals surface area contributed by atoms with Crippen molar-refractivity contribution in [3.8, 4) is 5.75 Å². The van der Waals surface area contributed by atoms with Gasteiger partial charge in [0, 0.05) is 17.2 Å². The summed E-state index contributed by atoms with van der Waals surface area (Å²) >= 11 is 5.85. The highest BCUT2D eigenvalue weighted by Crippen LogP contribution is 2.27. The minimum Gasteiger partial charge on any atom is -0.507 e. The van der Waals surface area contributed by atoms with Gasteiger partial charge in [0.25, 0.3) is 11.6 Å². The normalized spacial score (nSPS) is 10.4. The predicted molar refractivity (Wildman–Crippen MR) is 92.8 cm³/mol. The molecule has 0 radical (unpaired) electrons. The molecule has 2 aromatic rings. The summed E-state index contributed by atoms with van der Waals surface area (Å²) in [6, 6.07) is 8.51.